The van der Waals surface area contributed by atoms with E-state index in [9.17, 15) is 4.79 Å². The average molecular weight is 406 g/mol. The van der Waals surface area contributed by atoms with E-state index < -0.39 is 10.4 Å². The zero-order chi connectivity index (χ0) is 21.0. The summed E-state index contributed by atoms with van der Waals surface area (Å²) in [5, 5.41) is 0. The summed E-state index contributed by atoms with van der Waals surface area (Å²) in [5.74, 6) is -0.0523. The fraction of sp³-hybridized carbons (Fsp3) is 0.632. The Morgan fingerprint density at radius 1 is 1.00 bits per heavy atom. The molecule has 0 fully saturated rings. The first-order valence-corrected chi connectivity index (χ1v) is 10.7. The number of esters is 1. The second-order valence-electron chi connectivity index (χ2n) is 5.98. The van der Waals surface area contributed by atoms with Crippen molar-refractivity contribution < 1.29 is 27.1 Å². The van der Waals surface area contributed by atoms with E-state index in [4.69, 9.17) is 28.0 Å². The highest BCUT2D eigenvalue weighted by molar-refractivity contribution is 7.79. The largest absolute Gasteiger partial charge is 0.466 e. The fourth-order valence-electron chi connectivity index (χ4n) is 1.91. The highest BCUT2D eigenvalue weighted by atomic mass is 32.3. The smallest absolute Gasteiger partial charge is 0.394 e. The topological polar surface area (TPSA) is 127 Å². The number of unbranched alkanes of at least 4 members (excludes halogenated alkanes) is 5. The van der Waals surface area contributed by atoms with Gasteiger partial charge in [0.15, 0.2) is 0 Å². The first kappa shape index (κ1) is 27.7. The van der Waals surface area contributed by atoms with Crippen LogP contribution < -0.4 is 5.73 Å². The highest BCUT2D eigenvalue weighted by Gasteiger charge is 2.01. The standard InChI is InChI=1S/C12H25NO2.C7H8.H2O4S/c1-2-3-4-8-11-15-12(14)9-6-5-7-10-13;1-7-5-3-2-4-6-7;1-5(2,3)4/h2-11,13H2,1H3;2-6H,1H3;(H2,1,2,3,4). The lowest BCUT2D eigenvalue weighted by molar-refractivity contribution is -0.143. The molecule has 0 aromatic heterocycles. The van der Waals surface area contributed by atoms with Crippen LogP contribution in [-0.4, -0.2) is 36.6 Å². The molecule has 4 N–H and O–H groups in total. The number of hydrogen-bond donors (Lipinski definition) is 3. The Balaban J connectivity index is 0. The number of hydrogen-bond acceptors (Lipinski definition) is 5. The lowest BCUT2D eigenvalue weighted by atomic mass is 10.2. The van der Waals surface area contributed by atoms with Crippen LogP contribution in [0.5, 0.6) is 0 Å². The molecule has 1 rings (SSSR count). The molecule has 0 unspecified atom stereocenters. The van der Waals surface area contributed by atoms with Crippen LogP contribution in [0.4, 0.5) is 0 Å². The molecule has 0 heterocycles. The number of nitrogens with two attached hydrogens (primary N) is 1. The van der Waals surface area contributed by atoms with Gasteiger partial charge in [-0.1, -0.05) is 68.5 Å². The Bertz CT molecular complexity index is 541. The molecule has 1 aromatic carbocycles. The fourth-order valence-corrected chi connectivity index (χ4v) is 1.91. The summed E-state index contributed by atoms with van der Waals surface area (Å²) in [6.07, 6.45) is 8.10. The van der Waals surface area contributed by atoms with Crippen molar-refractivity contribution in [1.82, 2.24) is 0 Å². The van der Waals surface area contributed by atoms with E-state index in [0.29, 0.717) is 19.6 Å². The molecule has 1 aromatic rings. The van der Waals surface area contributed by atoms with E-state index in [-0.39, 0.29) is 5.97 Å². The monoisotopic (exact) mass is 405 g/mol. The Labute approximate surface area is 163 Å². The normalized spacial score (nSPS) is 10.1. The van der Waals surface area contributed by atoms with Crippen LogP contribution in [0.25, 0.3) is 0 Å². The minimum absolute atomic E-state index is 0.0523. The van der Waals surface area contributed by atoms with Gasteiger partial charge in [0.2, 0.25) is 0 Å². The Morgan fingerprint density at radius 2 is 1.56 bits per heavy atom. The minimum atomic E-state index is -4.67. The molecule has 0 amide bonds. The van der Waals surface area contributed by atoms with Gasteiger partial charge < -0.3 is 10.5 Å². The van der Waals surface area contributed by atoms with Crippen molar-refractivity contribution in [3.05, 3.63) is 35.9 Å². The van der Waals surface area contributed by atoms with Crippen molar-refractivity contribution in [2.75, 3.05) is 13.2 Å². The number of carbonyl (C=O) groups excluding carboxylic acids is 1. The molecule has 8 heteroatoms. The zero-order valence-electron chi connectivity index (χ0n) is 16.5. The van der Waals surface area contributed by atoms with E-state index in [2.05, 4.69) is 26.0 Å². The van der Waals surface area contributed by atoms with Gasteiger partial charge in [-0.3, -0.25) is 13.9 Å². The maximum atomic E-state index is 11.2. The molecule has 0 saturated carbocycles. The summed E-state index contributed by atoms with van der Waals surface area (Å²) in [6.45, 7) is 5.56. The number of carbonyl (C=O) groups is 1. The van der Waals surface area contributed by atoms with Crippen LogP contribution in [0.15, 0.2) is 30.3 Å². The first-order valence-electron chi connectivity index (χ1n) is 9.27. The van der Waals surface area contributed by atoms with E-state index in [1.807, 2.05) is 18.2 Å². The summed E-state index contributed by atoms with van der Waals surface area (Å²) in [6, 6.07) is 10.3. The van der Waals surface area contributed by atoms with Crippen LogP contribution in [-0.2, 0) is 19.9 Å². The number of benzene rings is 1. The maximum Gasteiger partial charge on any atom is 0.394 e. The van der Waals surface area contributed by atoms with Crippen LogP contribution in [0.2, 0.25) is 0 Å². The van der Waals surface area contributed by atoms with Gasteiger partial charge in [-0.15, -0.1) is 0 Å². The summed E-state index contributed by atoms with van der Waals surface area (Å²) in [7, 11) is -4.67. The van der Waals surface area contributed by atoms with Crippen LogP contribution in [0.3, 0.4) is 0 Å². The Hall–Kier alpha value is -1.48. The highest BCUT2D eigenvalue weighted by Crippen LogP contribution is 2.03. The van der Waals surface area contributed by atoms with Crippen molar-refractivity contribution >= 4 is 16.4 Å². The third-order valence-electron chi connectivity index (χ3n) is 3.29. The zero-order valence-corrected chi connectivity index (χ0v) is 17.3. The van der Waals surface area contributed by atoms with Gasteiger partial charge >= 0.3 is 16.4 Å². The molecule has 0 aliphatic heterocycles. The molecule has 158 valence electrons. The van der Waals surface area contributed by atoms with Gasteiger partial charge in [0.25, 0.3) is 0 Å². The molecule has 7 nitrogen and oxygen atoms in total. The third kappa shape index (κ3) is 32.6. The molecule has 0 bridgehead atoms. The van der Waals surface area contributed by atoms with Crippen molar-refractivity contribution in [2.45, 2.75) is 65.2 Å². The van der Waals surface area contributed by atoms with Gasteiger partial charge in [0, 0.05) is 6.42 Å². The van der Waals surface area contributed by atoms with Crippen molar-refractivity contribution in [3.63, 3.8) is 0 Å². The van der Waals surface area contributed by atoms with Gasteiger partial charge in [-0.05, 0) is 32.7 Å². The molecule has 0 radical (unpaired) electrons. The Kier molecular flexibility index (Phi) is 19.8. The van der Waals surface area contributed by atoms with Crippen molar-refractivity contribution in [3.8, 4) is 0 Å². The van der Waals surface area contributed by atoms with Crippen LogP contribution in [0.1, 0.15) is 63.9 Å². The van der Waals surface area contributed by atoms with Gasteiger partial charge in [0.1, 0.15) is 0 Å². The van der Waals surface area contributed by atoms with Gasteiger partial charge in [-0.2, -0.15) is 8.42 Å². The second kappa shape index (κ2) is 19.3. The maximum absolute atomic E-state index is 11.2. The molecule has 0 aliphatic carbocycles. The molecule has 0 aliphatic rings. The van der Waals surface area contributed by atoms with Gasteiger partial charge in [-0.25, -0.2) is 0 Å². The molecule has 0 atom stereocenters. The minimum Gasteiger partial charge on any atom is -0.466 e. The van der Waals surface area contributed by atoms with Crippen molar-refractivity contribution in [1.29, 1.82) is 0 Å². The number of rotatable bonds is 10. The Morgan fingerprint density at radius 3 is 2.00 bits per heavy atom. The summed E-state index contributed by atoms with van der Waals surface area (Å²) < 4.78 is 36.7. The molecule has 0 spiro atoms. The molecule has 0 saturated heterocycles. The summed E-state index contributed by atoms with van der Waals surface area (Å²) in [5.41, 5.74) is 6.68. The lowest BCUT2D eigenvalue weighted by Crippen LogP contribution is -2.06. The van der Waals surface area contributed by atoms with Crippen LogP contribution in [0, 0.1) is 6.92 Å². The van der Waals surface area contributed by atoms with Crippen LogP contribution >= 0.6 is 0 Å². The molecular weight excluding hydrogens is 370 g/mol. The summed E-state index contributed by atoms with van der Waals surface area (Å²) in [4.78, 5) is 11.2. The predicted molar refractivity (Wildman–Crippen MR) is 108 cm³/mol. The lowest BCUT2D eigenvalue weighted by Gasteiger charge is -2.04. The molecule has 27 heavy (non-hydrogen) atoms. The molecular formula is C19H35NO6S. The number of aryl methyl sites for hydroxylation is 1. The number of ether oxygens (including phenoxy) is 1. The third-order valence-corrected chi connectivity index (χ3v) is 3.29. The predicted octanol–water partition coefficient (Wildman–Crippen LogP) is 3.97. The van der Waals surface area contributed by atoms with Crippen molar-refractivity contribution in [2.24, 2.45) is 5.73 Å². The second-order valence-corrected chi connectivity index (χ2v) is 6.88. The van der Waals surface area contributed by atoms with E-state index >= 15 is 0 Å². The quantitative estimate of drug-likeness (QED) is 0.305. The van der Waals surface area contributed by atoms with E-state index in [0.717, 1.165) is 32.1 Å². The summed E-state index contributed by atoms with van der Waals surface area (Å²) >= 11 is 0. The van der Waals surface area contributed by atoms with E-state index in [1.165, 1.54) is 18.4 Å². The van der Waals surface area contributed by atoms with E-state index in [1.54, 1.807) is 0 Å². The SMILES string of the molecule is CCCCCCOC(=O)CCCCCN.Cc1ccccc1.O=S(=O)(O)O. The average Bonchev–Trinajstić information content (AvgIpc) is 2.58. The van der Waals surface area contributed by atoms with Gasteiger partial charge in [0.05, 0.1) is 6.61 Å². The first-order chi connectivity index (χ1) is 12.7.